The van der Waals surface area contributed by atoms with Crippen LogP contribution in [0.4, 0.5) is 0 Å². The highest BCUT2D eigenvalue weighted by Crippen LogP contribution is 2.40. The Balaban J connectivity index is 2.02. The van der Waals surface area contributed by atoms with Crippen molar-refractivity contribution in [3.8, 4) is 0 Å². The SMILES string of the molecule is CCCCCCCCC1(O)CCS(=O)(=O)c2ccccc21. The molecule has 2 rings (SSSR count). The zero-order valence-corrected chi connectivity index (χ0v) is 13.7. The van der Waals surface area contributed by atoms with Gasteiger partial charge in [0.05, 0.1) is 16.2 Å². The first kappa shape index (κ1) is 16.5. The van der Waals surface area contributed by atoms with Gasteiger partial charge in [-0.2, -0.15) is 0 Å². The topological polar surface area (TPSA) is 54.4 Å². The molecule has 118 valence electrons. The third-order valence-corrected chi connectivity index (χ3v) is 6.22. The van der Waals surface area contributed by atoms with Crippen LogP contribution in [0.15, 0.2) is 29.2 Å². The minimum absolute atomic E-state index is 0.0519. The number of benzene rings is 1. The summed E-state index contributed by atoms with van der Waals surface area (Å²) in [7, 11) is -3.22. The Morgan fingerprint density at radius 3 is 2.52 bits per heavy atom. The Hall–Kier alpha value is -0.870. The van der Waals surface area contributed by atoms with Gasteiger partial charge in [-0.3, -0.25) is 0 Å². The molecule has 1 aliphatic heterocycles. The zero-order valence-electron chi connectivity index (χ0n) is 12.8. The predicted octanol–water partition coefficient (Wildman–Crippen LogP) is 3.80. The molecule has 0 spiro atoms. The van der Waals surface area contributed by atoms with Crippen LogP contribution in [0.5, 0.6) is 0 Å². The minimum atomic E-state index is -3.22. The average molecular weight is 310 g/mol. The van der Waals surface area contributed by atoms with Crippen LogP contribution in [0.3, 0.4) is 0 Å². The highest BCUT2D eigenvalue weighted by Gasteiger charge is 2.39. The molecule has 1 aromatic rings. The van der Waals surface area contributed by atoms with Crippen LogP contribution >= 0.6 is 0 Å². The van der Waals surface area contributed by atoms with Crippen molar-refractivity contribution in [1.29, 1.82) is 0 Å². The van der Waals surface area contributed by atoms with Gasteiger partial charge in [-0.25, -0.2) is 8.42 Å². The number of hydrogen-bond acceptors (Lipinski definition) is 3. The monoisotopic (exact) mass is 310 g/mol. The van der Waals surface area contributed by atoms with Gasteiger partial charge in [0.25, 0.3) is 0 Å². The lowest BCUT2D eigenvalue weighted by molar-refractivity contribution is 0.0164. The van der Waals surface area contributed by atoms with E-state index in [2.05, 4.69) is 6.92 Å². The van der Waals surface area contributed by atoms with E-state index in [1.165, 1.54) is 25.7 Å². The first-order chi connectivity index (χ1) is 9.99. The van der Waals surface area contributed by atoms with E-state index in [1.54, 1.807) is 18.2 Å². The van der Waals surface area contributed by atoms with Gasteiger partial charge in [0.15, 0.2) is 9.84 Å². The van der Waals surface area contributed by atoms with Gasteiger partial charge in [-0.05, 0) is 18.9 Å². The Morgan fingerprint density at radius 1 is 1.10 bits per heavy atom. The second kappa shape index (κ2) is 6.93. The summed E-state index contributed by atoms with van der Waals surface area (Å²) in [5.41, 5.74) is -0.364. The molecular formula is C17H26O3S. The predicted molar refractivity (Wildman–Crippen MR) is 85.0 cm³/mol. The number of sulfone groups is 1. The fraction of sp³-hybridized carbons (Fsp3) is 0.647. The average Bonchev–Trinajstić information content (AvgIpc) is 2.48. The Kier molecular flexibility index (Phi) is 5.44. The largest absolute Gasteiger partial charge is 0.385 e. The van der Waals surface area contributed by atoms with Crippen LogP contribution in [0, 0.1) is 0 Å². The minimum Gasteiger partial charge on any atom is -0.385 e. The second-order valence-corrected chi connectivity index (χ2v) is 8.19. The van der Waals surface area contributed by atoms with Gasteiger partial charge < -0.3 is 5.11 Å². The lowest BCUT2D eigenvalue weighted by Crippen LogP contribution is -2.35. The van der Waals surface area contributed by atoms with Crippen LogP contribution < -0.4 is 0 Å². The van der Waals surface area contributed by atoms with E-state index in [-0.39, 0.29) is 5.75 Å². The summed E-state index contributed by atoms with van der Waals surface area (Å²) in [4.78, 5) is 0.324. The first-order valence-corrected chi connectivity index (χ1v) is 9.69. The summed E-state index contributed by atoms with van der Waals surface area (Å²) < 4.78 is 24.2. The number of aliphatic hydroxyl groups is 1. The molecule has 1 heterocycles. The zero-order chi connectivity index (χ0) is 15.3. The fourth-order valence-electron chi connectivity index (χ4n) is 3.13. The summed E-state index contributed by atoms with van der Waals surface area (Å²) in [6.07, 6.45) is 7.99. The van der Waals surface area contributed by atoms with E-state index in [9.17, 15) is 13.5 Å². The number of fused-ring (bicyclic) bond motifs is 1. The van der Waals surface area contributed by atoms with Crippen LogP contribution in [0.1, 0.15) is 63.9 Å². The van der Waals surface area contributed by atoms with Gasteiger partial charge in [0.1, 0.15) is 0 Å². The number of hydrogen-bond donors (Lipinski definition) is 1. The van der Waals surface area contributed by atoms with Crippen molar-refractivity contribution < 1.29 is 13.5 Å². The van der Waals surface area contributed by atoms with E-state index in [1.807, 2.05) is 6.07 Å². The standard InChI is InChI=1S/C17H26O3S/c1-2-3-4-5-6-9-12-17(18)13-14-21(19,20)16-11-8-7-10-15(16)17/h7-8,10-11,18H,2-6,9,12-14H2,1H3. The van der Waals surface area contributed by atoms with Crippen molar-refractivity contribution in [3.05, 3.63) is 29.8 Å². The van der Waals surface area contributed by atoms with E-state index in [4.69, 9.17) is 0 Å². The maximum absolute atomic E-state index is 12.1. The van der Waals surface area contributed by atoms with Gasteiger partial charge in [0, 0.05) is 5.56 Å². The molecule has 0 aromatic heterocycles. The van der Waals surface area contributed by atoms with Gasteiger partial charge in [0.2, 0.25) is 0 Å². The summed E-state index contributed by atoms with van der Waals surface area (Å²) in [6.45, 7) is 2.20. The fourth-order valence-corrected chi connectivity index (χ4v) is 4.83. The Morgan fingerprint density at radius 2 is 1.76 bits per heavy atom. The molecule has 0 bridgehead atoms. The molecule has 1 atom stereocenters. The number of rotatable bonds is 7. The molecule has 0 amide bonds. The summed E-state index contributed by atoms with van der Waals surface area (Å²) in [5.74, 6) is 0.0519. The van der Waals surface area contributed by atoms with Crippen molar-refractivity contribution in [1.82, 2.24) is 0 Å². The molecule has 1 aliphatic rings. The van der Waals surface area contributed by atoms with Crippen molar-refractivity contribution in [2.45, 2.75) is 68.8 Å². The molecule has 0 radical (unpaired) electrons. The molecule has 21 heavy (non-hydrogen) atoms. The second-order valence-electron chi connectivity index (χ2n) is 6.11. The molecule has 3 nitrogen and oxygen atoms in total. The number of unbranched alkanes of at least 4 members (excludes halogenated alkanes) is 5. The quantitative estimate of drug-likeness (QED) is 0.779. The van der Waals surface area contributed by atoms with Crippen LogP contribution in [0.2, 0.25) is 0 Å². The highest BCUT2D eigenvalue weighted by molar-refractivity contribution is 7.91. The van der Waals surface area contributed by atoms with Gasteiger partial charge in [-0.1, -0.05) is 63.6 Å². The van der Waals surface area contributed by atoms with Crippen molar-refractivity contribution >= 4 is 9.84 Å². The van der Waals surface area contributed by atoms with E-state index < -0.39 is 15.4 Å². The van der Waals surface area contributed by atoms with Crippen LogP contribution in [0.25, 0.3) is 0 Å². The van der Waals surface area contributed by atoms with Crippen molar-refractivity contribution in [2.75, 3.05) is 5.75 Å². The third-order valence-electron chi connectivity index (χ3n) is 4.45. The molecule has 0 saturated carbocycles. The van der Waals surface area contributed by atoms with E-state index in [0.717, 1.165) is 12.8 Å². The normalized spacial score (nSPS) is 23.7. The summed E-state index contributed by atoms with van der Waals surface area (Å²) >= 11 is 0. The van der Waals surface area contributed by atoms with Gasteiger partial charge >= 0.3 is 0 Å². The van der Waals surface area contributed by atoms with Crippen molar-refractivity contribution in [2.24, 2.45) is 0 Å². The third kappa shape index (κ3) is 3.86. The lowest BCUT2D eigenvalue weighted by Gasteiger charge is -2.34. The Labute approximate surface area is 128 Å². The summed E-state index contributed by atoms with van der Waals surface area (Å²) in [5, 5.41) is 10.9. The van der Waals surface area contributed by atoms with E-state index >= 15 is 0 Å². The molecule has 1 unspecified atom stereocenters. The van der Waals surface area contributed by atoms with Gasteiger partial charge in [-0.15, -0.1) is 0 Å². The lowest BCUT2D eigenvalue weighted by atomic mass is 9.85. The molecule has 0 fully saturated rings. The van der Waals surface area contributed by atoms with Crippen LogP contribution in [-0.2, 0) is 15.4 Å². The smallest absolute Gasteiger partial charge is 0.178 e. The Bertz CT molecular complexity index is 565. The molecular weight excluding hydrogens is 284 g/mol. The molecule has 0 aliphatic carbocycles. The highest BCUT2D eigenvalue weighted by atomic mass is 32.2. The van der Waals surface area contributed by atoms with Crippen molar-refractivity contribution in [3.63, 3.8) is 0 Å². The van der Waals surface area contributed by atoms with E-state index in [0.29, 0.717) is 23.3 Å². The molecule has 4 heteroatoms. The maximum atomic E-state index is 12.1. The van der Waals surface area contributed by atoms with Crippen LogP contribution in [-0.4, -0.2) is 19.3 Å². The maximum Gasteiger partial charge on any atom is 0.178 e. The first-order valence-electron chi connectivity index (χ1n) is 8.04. The summed E-state index contributed by atoms with van der Waals surface area (Å²) in [6, 6.07) is 6.93. The molecule has 1 N–H and O–H groups in total. The molecule has 1 aromatic carbocycles. The molecule has 0 saturated heterocycles.